The minimum atomic E-state index is -5.08. The molecule has 0 saturated heterocycles. The Morgan fingerprint density at radius 1 is 0.848 bits per heavy atom. The maximum Gasteiger partial charge on any atom is 0.490 e. The third kappa shape index (κ3) is 13.3. The van der Waals surface area contributed by atoms with E-state index in [1.807, 2.05) is 48.7 Å². The Balaban J connectivity index is 0.000000440. The molecule has 1 atom stereocenters. The van der Waals surface area contributed by atoms with Crippen LogP contribution in [0.3, 0.4) is 0 Å². The predicted octanol–water partition coefficient (Wildman–Crippen LogP) is 6.59. The summed E-state index contributed by atoms with van der Waals surface area (Å²) in [6, 6.07) is 24.1. The average molecular weight is 657 g/mol. The number of carboxylic acids is 2. The number of nitrogens with zero attached hydrogens (tertiary/aromatic N) is 1. The van der Waals surface area contributed by atoms with Gasteiger partial charge in [0.1, 0.15) is 12.4 Å². The van der Waals surface area contributed by atoms with Crippen LogP contribution in [0.2, 0.25) is 0 Å². The lowest BCUT2D eigenvalue weighted by Gasteiger charge is -2.10. The highest BCUT2D eigenvalue weighted by atomic mass is 19.4. The summed E-state index contributed by atoms with van der Waals surface area (Å²) in [5, 5.41) is 19.4. The third-order valence-corrected chi connectivity index (χ3v) is 5.92. The molecule has 1 heterocycles. The first kappa shape index (κ1) is 37.1. The molecule has 0 aliphatic carbocycles. The molecule has 4 aromatic rings. The molecule has 0 unspecified atom stereocenters. The number of aliphatic carboxylic acids is 2. The molecule has 16 heteroatoms. The van der Waals surface area contributed by atoms with E-state index in [-0.39, 0.29) is 12.6 Å². The van der Waals surface area contributed by atoms with Crippen molar-refractivity contribution in [2.75, 3.05) is 6.54 Å². The molecule has 0 aliphatic heterocycles. The van der Waals surface area contributed by atoms with Crippen LogP contribution in [-0.2, 0) is 20.9 Å². The summed E-state index contributed by atoms with van der Waals surface area (Å²) in [4.78, 5) is 37.4. The van der Waals surface area contributed by atoms with E-state index in [1.165, 1.54) is 10.8 Å². The normalized spacial score (nSPS) is 11.7. The Morgan fingerprint density at radius 3 is 2.00 bits per heavy atom. The number of fused-ring (bicyclic) bond motifs is 1. The van der Waals surface area contributed by atoms with Gasteiger partial charge in [-0.1, -0.05) is 66.7 Å². The number of aromatic amines is 1. The van der Waals surface area contributed by atoms with Crippen molar-refractivity contribution in [2.24, 2.45) is 5.73 Å². The lowest BCUT2D eigenvalue weighted by Crippen LogP contribution is -2.25. The van der Waals surface area contributed by atoms with Gasteiger partial charge in [-0.05, 0) is 41.7 Å². The number of ether oxygens (including phenoxy) is 1. The smallest absolute Gasteiger partial charge is 0.475 e. The Hall–Kier alpha value is -5.12. The van der Waals surface area contributed by atoms with Gasteiger partial charge in [-0.3, -0.25) is 0 Å². The topological polar surface area (TPSA) is 168 Å². The van der Waals surface area contributed by atoms with Gasteiger partial charge in [0.25, 0.3) is 0 Å². The minimum absolute atomic E-state index is 0.172. The van der Waals surface area contributed by atoms with Gasteiger partial charge in [0.05, 0.1) is 17.9 Å². The monoisotopic (exact) mass is 656 g/mol. The number of aromatic nitrogens is 2. The molecular weight excluding hydrogens is 626 g/mol. The molecule has 10 nitrogen and oxygen atoms in total. The SMILES string of the molecule is N[C@@H](CCCCNC(=O)OCc1ccccc1)c1ncc(-c2ccc3ccccc3c2)[nH]1.O=C(O)C(F)(F)F.O=C(O)C(F)(F)F. The van der Waals surface area contributed by atoms with Crippen LogP contribution >= 0.6 is 0 Å². The van der Waals surface area contributed by atoms with Gasteiger partial charge in [-0.15, -0.1) is 0 Å². The number of imidazole rings is 1. The minimum Gasteiger partial charge on any atom is -0.475 e. The van der Waals surface area contributed by atoms with Gasteiger partial charge < -0.3 is 31.0 Å². The standard InChI is InChI=1S/C26H28N4O2.2C2HF3O2/c27-23(12-6-7-15-28-26(31)32-18-19-8-2-1-3-9-19)25-29-17-24(30-25)22-14-13-20-10-4-5-11-21(20)16-22;2*3-2(4,5)1(6)7/h1-5,8-11,13-14,16-17,23H,6-7,12,15,18,27H2,(H,28,31)(H,29,30);2*(H,6,7)/t23-;;/m0../s1. The van der Waals surface area contributed by atoms with Crippen molar-refractivity contribution in [2.45, 2.75) is 44.3 Å². The van der Waals surface area contributed by atoms with Crippen LogP contribution in [0.15, 0.2) is 79.0 Å². The maximum absolute atomic E-state index is 11.8. The molecular formula is C30H30F6N4O6. The molecule has 0 radical (unpaired) electrons. The first-order chi connectivity index (χ1) is 21.6. The molecule has 3 aromatic carbocycles. The van der Waals surface area contributed by atoms with Crippen molar-refractivity contribution in [1.29, 1.82) is 0 Å². The van der Waals surface area contributed by atoms with Crippen molar-refractivity contribution < 1.29 is 55.7 Å². The number of H-pyrrole nitrogens is 1. The molecule has 0 spiro atoms. The molecule has 1 amide bonds. The second-order valence-electron chi connectivity index (χ2n) is 9.44. The number of rotatable bonds is 9. The van der Waals surface area contributed by atoms with E-state index >= 15 is 0 Å². The largest absolute Gasteiger partial charge is 0.490 e. The van der Waals surface area contributed by atoms with E-state index < -0.39 is 30.4 Å². The summed E-state index contributed by atoms with van der Waals surface area (Å²) in [6.45, 7) is 0.830. The fourth-order valence-corrected chi connectivity index (χ4v) is 3.62. The van der Waals surface area contributed by atoms with Crippen LogP contribution in [0.5, 0.6) is 0 Å². The highest BCUT2D eigenvalue weighted by molar-refractivity contribution is 5.86. The van der Waals surface area contributed by atoms with Gasteiger partial charge >= 0.3 is 30.4 Å². The van der Waals surface area contributed by atoms with E-state index in [1.54, 1.807) is 0 Å². The number of alkyl halides is 6. The number of hydrogen-bond donors (Lipinski definition) is 5. The number of unbranched alkanes of at least 4 members (excludes halogenated alkanes) is 1. The second kappa shape index (κ2) is 17.4. The van der Waals surface area contributed by atoms with Gasteiger partial charge in [0, 0.05) is 12.1 Å². The number of carboxylic acid groups (broad SMARTS) is 2. The molecule has 0 fully saturated rings. The fourth-order valence-electron chi connectivity index (χ4n) is 3.62. The van der Waals surface area contributed by atoms with Gasteiger partial charge in [0.2, 0.25) is 0 Å². The highest BCUT2D eigenvalue weighted by Gasteiger charge is 2.38. The van der Waals surface area contributed by atoms with Crippen LogP contribution in [0.4, 0.5) is 31.1 Å². The number of hydrogen-bond acceptors (Lipinski definition) is 6. The number of nitrogens with two attached hydrogens (primary N) is 1. The summed E-state index contributed by atoms with van der Waals surface area (Å²) in [6.07, 6.45) is -6.24. The Kier molecular flexibility index (Phi) is 14.0. The fraction of sp³-hybridized carbons (Fsp3) is 0.267. The second-order valence-corrected chi connectivity index (χ2v) is 9.44. The van der Waals surface area contributed by atoms with Crippen LogP contribution in [0.1, 0.15) is 36.7 Å². The molecule has 0 aliphatic rings. The third-order valence-electron chi connectivity index (χ3n) is 5.92. The van der Waals surface area contributed by atoms with Crippen molar-refractivity contribution in [3.63, 3.8) is 0 Å². The number of halogens is 6. The summed E-state index contributed by atoms with van der Waals surface area (Å²) >= 11 is 0. The summed E-state index contributed by atoms with van der Waals surface area (Å²) in [5.74, 6) is -4.73. The molecule has 1 aromatic heterocycles. The number of alkyl carbamates (subject to hydrolysis) is 1. The zero-order valence-corrected chi connectivity index (χ0v) is 23.9. The van der Waals surface area contributed by atoms with Crippen LogP contribution < -0.4 is 11.1 Å². The van der Waals surface area contributed by atoms with Crippen LogP contribution in [-0.4, -0.2) is 57.1 Å². The summed E-state index contributed by atoms with van der Waals surface area (Å²) in [5.41, 5.74) is 9.35. The summed E-state index contributed by atoms with van der Waals surface area (Å²) in [7, 11) is 0. The number of amides is 1. The predicted molar refractivity (Wildman–Crippen MR) is 154 cm³/mol. The van der Waals surface area contributed by atoms with Gasteiger partial charge in [-0.25, -0.2) is 19.4 Å². The van der Waals surface area contributed by atoms with E-state index in [9.17, 15) is 31.1 Å². The van der Waals surface area contributed by atoms with Crippen molar-refractivity contribution in [3.8, 4) is 11.3 Å². The zero-order valence-electron chi connectivity index (χ0n) is 23.9. The Labute approximate surface area is 258 Å². The van der Waals surface area contributed by atoms with Crippen molar-refractivity contribution in [1.82, 2.24) is 15.3 Å². The molecule has 46 heavy (non-hydrogen) atoms. The number of benzene rings is 3. The van der Waals surface area contributed by atoms with Crippen molar-refractivity contribution >= 4 is 28.8 Å². The summed E-state index contributed by atoms with van der Waals surface area (Å²) < 4.78 is 68.7. The molecule has 248 valence electrons. The van der Waals surface area contributed by atoms with Crippen LogP contribution in [0, 0.1) is 0 Å². The number of carbonyl (C=O) groups excluding carboxylic acids is 1. The lowest BCUT2D eigenvalue weighted by molar-refractivity contribution is -0.193. The van der Waals surface area contributed by atoms with Gasteiger partial charge in [0.15, 0.2) is 0 Å². The molecule has 0 saturated carbocycles. The van der Waals surface area contributed by atoms with E-state index in [2.05, 4.69) is 45.6 Å². The van der Waals surface area contributed by atoms with Gasteiger partial charge in [-0.2, -0.15) is 26.3 Å². The lowest BCUT2D eigenvalue weighted by atomic mass is 10.1. The highest BCUT2D eigenvalue weighted by Crippen LogP contribution is 2.25. The molecule has 0 bridgehead atoms. The zero-order chi connectivity index (χ0) is 34.3. The van der Waals surface area contributed by atoms with E-state index in [0.717, 1.165) is 41.9 Å². The van der Waals surface area contributed by atoms with E-state index in [4.69, 9.17) is 30.3 Å². The quantitative estimate of drug-likeness (QED) is 0.0993. The number of nitrogens with one attached hydrogen (secondary N) is 2. The average Bonchev–Trinajstić information content (AvgIpc) is 3.50. The molecule has 4 rings (SSSR count). The first-order valence-electron chi connectivity index (χ1n) is 13.4. The Morgan fingerprint density at radius 2 is 1.41 bits per heavy atom. The van der Waals surface area contributed by atoms with Crippen LogP contribution in [0.25, 0.3) is 22.0 Å². The Bertz CT molecular complexity index is 1540. The number of carbonyl (C=O) groups is 3. The molecule has 6 N–H and O–H groups in total. The first-order valence-corrected chi connectivity index (χ1v) is 13.4. The van der Waals surface area contributed by atoms with E-state index in [0.29, 0.717) is 6.54 Å². The maximum atomic E-state index is 11.8. The van der Waals surface area contributed by atoms with Crippen molar-refractivity contribution in [3.05, 3.63) is 90.4 Å².